The van der Waals surface area contributed by atoms with Crippen LogP contribution in [0, 0.1) is 0 Å². The van der Waals surface area contributed by atoms with Gasteiger partial charge in [0.2, 0.25) is 5.91 Å². The molecule has 0 bridgehead atoms. The monoisotopic (exact) mass is 190 g/mol. The molecule has 1 amide bonds. The van der Waals surface area contributed by atoms with E-state index in [1.807, 2.05) is 32.0 Å². The first kappa shape index (κ1) is 9.21. The zero-order valence-electron chi connectivity index (χ0n) is 8.42. The smallest absolute Gasteiger partial charge is 0.234 e. The summed E-state index contributed by atoms with van der Waals surface area (Å²) < 4.78 is 0. The highest BCUT2D eigenvalue weighted by Gasteiger charge is 2.38. The Balaban J connectivity index is 2.56. The minimum absolute atomic E-state index is 0.0571. The van der Waals surface area contributed by atoms with Crippen LogP contribution in [0.4, 0.5) is 5.69 Å². The molecule has 0 aliphatic carbocycles. The molecule has 0 fully saturated rings. The number of rotatable bonds is 1. The largest absolute Gasteiger partial charge is 0.326 e. The summed E-state index contributed by atoms with van der Waals surface area (Å²) in [4.78, 5) is 11.6. The van der Waals surface area contributed by atoms with Crippen LogP contribution in [0.3, 0.4) is 0 Å². The summed E-state index contributed by atoms with van der Waals surface area (Å²) in [6.45, 7) is 4.36. The highest BCUT2D eigenvalue weighted by molar-refractivity contribution is 6.05. The van der Waals surface area contributed by atoms with E-state index >= 15 is 0 Å². The Morgan fingerprint density at radius 3 is 2.79 bits per heavy atom. The molecule has 74 valence electrons. The normalized spacial score (nSPS) is 17.8. The van der Waals surface area contributed by atoms with Crippen molar-refractivity contribution in [1.29, 1.82) is 0 Å². The molecule has 1 heterocycles. The summed E-state index contributed by atoms with van der Waals surface area (Å²) >= 11 is 0. The maximum atomic E-state index is 11.6. The Kier molecular flexibility index (Phi) is 1.86. The summed E-state index contributed by atoms with van der Waals surface area (Å²) in [5.74, 6) is 0.0571. The van der Waals surface area contributed by atoms with Gasteiger partial charge in [0, 0.05) is 12.2 Å². The molecule has 1 aliphatic heterocycles. The number of carbonyl (C=O) groups excluding carboxylic acids is 1. The molecule has 3 heteroatoms. The van der Waals surface area contributed by atoms with Crippen molar-refractivity contribution in [2.75, 3.05) is 5.32 Å². The zero-order chi connectivity index (χ0) is 10.3. The van der Waals surface area contributed by atoms with Gasteiger partial charge >= 0.3 is 0 Å². The van der Waals surface area contributed by atoms with Crippen molar-refractivity contribution in [2.45, 2.75) is 25.8 Å². The highest BCUT2D eigenvalue weighted by Crippen LogP contribution is 2.37. The Hall–Kier alpha value is -1.35. The molecular weight excluding hydrogens is 176 g/mol. The number of amides is 1. The third-order valence-corrected chi connectivity index (χ3v) is 2.81. The van der Waals surface area contributed by atoms with Gasteiger partial charge in [0.15, 0.2) is 0 Å². The SMILES string of the molecule is CC1(C)C(=O)Nc2ccc(CN)cc21. The van der Waals surface area contributed by atoms with Gasteiger partial charge in [-0.15, -0.1) is 0 Å². The number of benzene rings is 1. The molecule has 0 saturated carbocycles. The number of hydrogen-bond acceptors (Lipinski definition) is 2. The van der Waals surface area contributed by atoms with Crippen LogP contribution in [0.2, 0.25) is 0 Å². The van der Waals surface area contributed by atoms with E-state index in [0.717, 1.165) is 16.8 Å². The Bertz CT molecular complexity index is 396. The average molecular weight is 190 g/mol. The third-order valence-electron chi connectivity index (χ3n) is 2.81. The molecule has 14 heavy (non-hydrogen) atoms. The fourth-order valence-corrected chi connectivity index (χ4v) is 1.75. The quantitative estimate of drug-likeness (QED) is 0.702. The standard InChI is InChI=1S/C11H14N2O/c1-11(2)8-5-7(6-12)3-4-9(8)13-10(11)14/h3-5H,6,12H2,1-2H3,(H,13,14). The van der Waals surface area contributed by atoms with Crippen molar-refractivity contribution in [3.05, 3.63) is 29.3 Å². The van der Waals surface area contributed by atoms with Crippen LogP contribution >= 0.6 is 0 Å². The second-order valence-corrected chi connectivity index (χ2v) is 4.16. The van der Waals surface area contributed by atoms with E-state index in [4.69, 9.17) is 5.73 Å². The molecule has 0 radical (unpaired) electrons. The van der Waals surface area contributed by atoms with Crippen LogP contribution in [-0.2, 0) is 16.8 Å². The summed E-state index contributed by atoms with van der Waals surface area (Å²) in [6, 6.07) is 5.87. The predicted molar refractivity (Wildman–Crippen MR) is 56.0 cm³/mol. The summed E-state index contributed by atoms with van der Waals surface area (Å²) in [5.41, 5.74) is 8.16. The predicted octanol–water partition coefficient (Wildman–Crippen LogP) is 1.38. The highest BCUT2D eigenvalue weighted by atomic mass is 16.2. The fourth-order valence-electron chi connectivity index (χ4n) is 1.75. The molecule has 0 saturated heterocycles. The van der Waals surface area contributed by atoms with Crippen molar-refractivity contribution >= 4 is 11.6 Å². The molecule has 0 aromatic heterocycles. The van der Waals surface area contributed by atoms with Gasteiger partial charge in [0.05, 0.1) is 5.41 Å². The number of nitrogens with two attached hydrogens (primary N) is 1. The minimum Gasteiger partial charge on any atom is -0.326 e. The van der Waals surface area contributed by atoms with Gasteiger partial charge in [0.25, 0.3) is 0 Å². The van der Waals surface area contributed by atoms with Gasteiger partial charge in [-0.05, 0) is 31.0 Å². The molecule has 0 unspecified atom stereocenters. The second-order valence-electron chi connectivity index (χ2n) is 4.16. The topological polar surface area (TPSA) is 55.1 Å². The van der Waals surface area contributed by atoms with E-state index in [9.17, 15) is 4.79 Å². The lowest BCUT2D eigenvalue weighted by Crippen LogP contribution is -2.26. The van der Waals surface area contributed by atoms with Crippen LogP contribution in [0.5, 0.6) is 0 Å². The van der Waals surface area contributed by atoms with Gasteiger partial charge in [-0.25, -0.2) is 0 Å². The van der Waals surface area contributed by atoms with E-state index < -0.39 is 5.41 Å². The van der Waals surface area contributed by atoms with Crippen molar-refractivity contribution in [3.63, 3.8) is 0 Å². The van der Waals surface area contributed by atoms with Crippen molar-refractivity contribution in [2.24, 2.45) is 5.73 Å². The first-order chi connectivity index (χ1) is 6.55. The lowest BCUT2D eigenvalue weighted by atomic mass is 9.85. The molecular formula is C11H14N2O. The van der Waals surface area contributed by atoms with Crippen LogP contribution < -0.4 is 11.1 Å². The fraction of sp³-hybridized carbons (Fsp3) is 0.364. The Morgan fingerprint density at radius 2 is 2.14 bits per heavy atom. The molecule has 0 atom stereocenters. The van der Waals surface area contributed by atoms with Crippen molar-refractivity contribution in [1.82, 2.24) is 0 Å². The van der Waals surface area contributed by atoms with Crippen LogP contribution in [0.25, 0.3) is 0 Å². The molecule has 0 spiro atoms. The molecule has 2 rings (SSSR count). The van der Waals surface area contributed by atoms with Crippen LogP contribution in [0.15, 0.2) is 18.2 Å². The van der Waals surface area contributed by atoms with Crippen molar-refractivity contribution < 1.29 is 4.79 Å². The van der Waals surface area contributed by atoms with Gasteiger partial charge in [-0.2, -0.15) is 0 Å². The van der Waals surface area contributed by atoms with E-state index in [0.29, 0.717) is 6.54 Å². The number of carbonyl (C=O) groups is 1. The molecule has 1 aromatic rings. The van der Waals surface area contributed by atoms with E-state index in [1.54, 1.807) is 0 Å². The number of fused-ring (bicyclic) bond motifs is 1. The van der Waals surface area contributed by atoms with E-state index in [-0.39, 0.29) is 5.91 Å². The van der Waals surface area contributed by atoms with Gasteiger partial charge in [-0.3, -0.25) is 4.79 Å². The Morgan fingerprint density at radius 1 is 1.43 bits per heavy atom. The van der Waals surface area contributed by atoms with E-state index in [2.05, 4.69) is 5.32 Å². The third kappa shape index (κ3) is 1.13. The lowest BCUT2D eigenvalue weighted by Gasteiger charge is -2.15. The molecule has 1 aliphatic rings. The summed E-state index contributed by atoms with van der Waals surface area (Å²) in [7, 11) is 0. The Labute approximate surface area is 83.3 Å². The zero-order valence-corrected chi connectivity index (χ0v) is 8.42. The van der Waals surface area contributed by atoms with Gasteiger partial charge < -0.3 is 11.1 Å². The maximum Gasteiger partial charge on any atom is 0.234 e. The van der Waals surface area contributed by atoms with Gasteiger partial charge in [-0.1, -0.05) is 12.1 Å². The lowest BCUT2D eigenvalue weighted by molar-refractivity contribution is -0.119. The molecule has 3 N–H and O–H groups in total. The molecule has 3 nitrogen and oxygen atoms in total. The van der Waals surface area contributed by atoms with E-state index in [1.165, 1.54) is 0 Å². The van der Waals surface area contributed by atoms with Gasteiger partial charge in [0.1, 0.15) is 0 Å². The summed E-state index contributed by atoms with van der Waals surface area (Å²) in [6.07, 6.45) is 0. The average Bonchev–Trinajstić information content (AvgIpc) is 2.38. The first-order valence-corrected chi connectivity index (χ1v) is 4.70. The number of hydrogen-bond donors (Lipinski definition) is 2. The maximum absolute atomic E-state index is 11.6. The van der Waals surface area contributed by atoms with Crippen molar-refractivity contribution in [3.8, 4) is 0 Å². The van der Waals surface area contributed by atoms with Crippen LogP contribution in [-0.4, -0.2) is 5.91 Å². The second kappa shape index (κ2) is 2.82. The first-order valence-electron chi connectivity index (χ1n) is 4.70. The number of nitrogens with one attached hydrogen (secondary N) is 1. The minimum atomic E-state index is -0.430. The van der Waals surface area contributed by atoms with Crippen LogP contribution in [0.1, 0.15) is 25.0 Å². The molecule has 1 aromatic carbocycles. The summed E-state index contributed by atoms with van der Waals surface area (Å²) in [5, 5.41) is 2.86. The number of anilines is 1.